The molecule has 3 nitrogen and oxygen atoms in total. The Balaban J connectivity index is 2.25. The highest BCUT2D eigenvalue weighted by Gasteiger charge is 2.44. The molecule has 1 atom stereocenters. The first kappa shape index (κ1) is 16.5. The molecule has 0 amide bonds. The lowest BCUT2D eigenvalue weighted by molar-refractivity contribution is 0.397. The van der Waals surface area contributed by atoms with Crippen molar-refractivity contribution in [3.63, 3.8) is 0 Å². The smallest absolute Gasteiger partial charge is 0.240 e. The van der Waals surface area contributed by atoms with Crippen LogP contribution in [0, 0.1) is 17.5 Å². The third-order valence-electron chi connectivity index (χ3n) is 4.01. The molecule has 0 spiro atoms. The molecule has 124 valence electrons. The Labute approximate surface area is 142 Å². The van der Waals surface area contributed by atoms with Gasteiger partial charge in [-0.1, -0.05) is 22.8 Å². The Morgan fingerprint density at radius 2 is 1.71 bits per heavy atom. The number of nitrogens with two attached hydrogens (primary N) is 1. The molecule has 0 saturated carbocycles. The molecule has 1 aliphatic rings. The quantitative estimate of drug-likeness (QED) is 0.799. The van der Waals surface area contributed by atoms with E-state index in [1.54, 1.807) is 6.92 Å². The van der Waals surface area contributed by atoms with Gasteiger partial charge in [0.1, 0.15) is 18.6 Å². The Hall–Kier alpha value is -2.31. The molecule has 1 heterocycles. The topological polar surface area (TPSA) is 38.4 Å². The van der Waals surface area contributed by atoms with Gasteiger partial charge in [-0.05, 0) is 37.3 Å². The number of para-hydroxylation sites is 1. The highest BCUT2D eigenvalue weighted by atomic mass is 35.5. The molecule has 3 rings (SSSR count). The molecule has 1 unspecified atom stereocenters. The van der Waals surface area contributed by atoms with Gasteiger partial charge in [0.15, 0.2) is 11.6 Å². The molecule has 0 aromatic heterocycles. The van der Waals surface area contributed by atoms with Crippen molar-refractivity contribution in [3.05, 3.63) is 70.3 Å². The van der Waals surface area contributed by atoms with Gasteiger partial charge < -0.3 is 5.73 Å². The van der Waals surface area contributed by atoms with E-state index in [9.17, 15) is 13.2 Å². The lowest BCUT2D eigenvalue weighted by atomic mass is 10.0. The first-order valence-electron chi connectivity index (χ1n) is 7.09. The van der Waals surface area contributed by atoms with Crippen LogP contribution < -0.4 is 10.3 Å². The first-order valence-corrected chi connectivity index (χ1v) is 7.47. The lowest BCUT2D eigenvalue weighted by Gasteiger charge is -2.24. The van der Waals surface area contributed by atoms with Crippen molar-refractivity contribution >= 4 is 28.6 Å². The molecular weight excluding hydrogens is 339 g/mol. The maximum absolute atomic E-state index is 14.2. The van der Waals surface area contributed by atoms with Gasteiger partial charge in [0.25, 0.3) is 0 Å². The summed E-state index contributed by atoms with van der Waals surface area (Å²) in [5.41, 5.74) is 7.26. The van der Waals surface area contributed by atoms with Gasteiger partial charge in [0.2, 0.25) is 11.5 Å². The molecule has 24 heavy (non-hydrogen) atoms. The predicted octanol–water partition coefficient (Wildman–Crippen LogP) is 4.41. The molecule has 0 fully saturated rings. The van der Waals surface area contributed by atoms with E-state index < -0.39 is 22.0 Å². The van der Waals surface area contributed by atoms with Gasteiger partial charge in [-0.2, -0.15) is 0 Å². The molecule has 0 saturated heterocycles. The molecule has 0 bridgehead atoms. The highest BCUT2D eigenvalue weighted by Crippen LogP contribution is 2.40. The van der Waals surface area contributed by atoms with E-state index in [1.165, 1.54) is 25.2 Å². The second-order valence-electron chi connectivity index (χ2n) is 5.60. The Bertz CT molecular complexity index is 888. The lowest BCUT2D eigenvalue weighted by Crippen LogP contribution is -2.41. The number of hydrogen-bond acceptors (Lipinski definition) is 2. The molecule has 0 radical (unpaired) electrons. The van der Waals surface area contributed by atoms with Crippen LogP contribution in [0.15, 0.2) is 47.3 Å². The largest absolute Gasteiger partial charge is 0.352 e. The van der Waals surface area contributed by atoms with E-state index in [2.05, 4.69) is 5.10 Å². The maximum Gasteiger partial charge on any atom is 0.240 e. The number of nitrogens with zero attached hydrogens (tertiary/aromatic N) is 2. The highest BCUT2D eigenvalue weighted by molar-refractivity contribution is 6.36. The average Bonchev–Trinajstić information content (AvgIpc) is 2.70. The van der Waals surface area contributed by atoms with Crippen LogP contribution in [0.3, 0.4) is 0 Å². The molecular formula is C17H14ClF3N3+. The second kappa shape index (κ2) is 5.65. The number of quaternary nitrogens is 1. The number of allylic oxidation sites excluding steroid dienone is 1. The zero-order chi connectivity index (χ0) is 17.6. The van der Waals surface area contributed by atoms with Crippen LogP contribution in [-0.4, -0.2) is 12.8 Å². The maximum atomic E-state index is 14.2. The molecule has 2 N–H and O–H groups in total. The molecule has 2 aromatic rings. The van der Waals surface area contributed by atoms with Gasteiger partial charge in [0, 0.05) is 5.56 Å². The Morgan fingerprint density at radius 3 is 2.29 bits per heavy atom. The van der Waals surface area contributed by atoms with Gasteiger partial charge in [0.05, 0.1) is 10.6 Å². The van der Waals surface area contributed by atoms with E-state index in [1.807, 2.05) is 0 Å². The first-order chi connectivity index (χ1) is 11.3. The number of hydrogen-bond donors (Lipinski definition) is 1. The summed E-state index contributed by atoms with van der Waals surface area (Å²) >= 11 is 6.10. The third kappa shape index (κ3) is 2.39. The van der Waals surface area contributed by atoms with Gasteiger partial charge in [-0.25, -0.2) is 13.2 Å². The number of rotatable bonds is 2. The normalized spacial score (nSPS) is 20.5. The van der Waals surface area contributed by atoms with E-state index in [-0.39, 0.29) is 16.5 Å². The van der Waals surface area contributed by atoms with E-state index in [0.29, 0.717) is 16.8 Å². The number of halogens is 4. The van der Waals surface area contributed by atoms with Crippen LogP contribution >= 0.6 is 11.6 Å². The van der Waals surface area contributed by atoms with Crippen LogP contribution in [0.5, 0.6) is 0 Å². The van der Waals surface area contributed by atoms with Crippen molar-refractivity contribution in [2.24, 2.45) is 10.8 Å². The zero-order valence-electron chi connectivity index (χ0n) is 12.9. The van der Waals surface area contributed by atoms with E-state index >= 15 is 0 Å². The summed E-state index contributed by atoms with van der Waals surface area (Å²) in [6.45, 7) is 1.66. The predicted molar refractivity (Wildman–Crippen MR) is 89.7 cm³/mol. The minimum atomic E-state index is -0.761. The minimum Gasteiger partial charge on any atom is -0.352 e. The van der Waals surface area contributed by atoms with Gasteiger partial charge >= 0.3 is 0 Å². The third-order valence-corrected chi connectivity index (χ3v) is 4.32. The SMILES string of the molecule is CC1=N[N+](C)(c2c(F)cccc2F)C(N)=C1c1ccc(F)cc1Cl. The Morgan fingerprint density at radius 1 is 1.08 bits per heavy atom. The van der Waals surface area contributed by atoms with Crippen LogP contribution in [0.1, 0.15) is 12.5 Å². The van der Waals surface area contributed by atoms with Crippen molar-refractivity contribution in [1.82, 2.24) is 4.59 Å². The summed E-state index contributed by atoms with van der Waals surface area (Å²) in [6.07, 6.45) is 0. The molecule has 1 aliphatic heterocycles. The van der Waals surface area contributed by atoms with Crippen LogP contribution in [-0.2, 0) is 0 Å². The zero-order valence-corrected chi connectivity index (χ0v) is 13.7. The molecule has 7 heteroatoms. The van der Waals surface area contributed by atoms with Crippen molar-refractivity contribution in [2.75, 3.05) is 7.05 Å². The van der Waals surface area contributed by atoms with E-state index in [0.717, 1.165) is 18.2 Å². The summed E-state index contributed by atoms with van der Waals surface area (Å²) < 4.78 is 41.1. The summed E-state index contributed by atoms with van der Waals surface area (Å²) in [5.74, 6) is -1.91. The summed E-state index contributed by atoms with van der Waals surface area (Å²) in [5, 5.41) is 4.48. The van der Waals surface area contributed by atoms with Gasteiger partial charge in [-0.3, -0.25) is 0 Å². The molecule has 0 aliphatic carbocycles. The average molecular weight is 353 g/mol. The van der Waals surface area contributed by atoms with Crippen molar-refractivity contribution in [2.45, 2.75) is 6.92 Å². The Kier molecular flexibility index (Phi) is 3.89. The summed E-state index contributed by atoms with van der Waals surface area (Å²) in [6, 6.07) is 7.40. The summed E-state index contributed by atoms with van der Waals surface area (Å²) in [4.78, 5) is 0. The number of benzene rings is 2. The van der Waals surface area contributed by atoms with Crippen molar-refractivity contribution < 1.29 is 13.2 Å². The fourth-order valence-corrected chi connectivity index (χ4v) is 3.17. The second-order valence-corrected chi connectivity index (χ2v) is 6.01. The fraction of sp³-hybridized carbons (Fsp3) is 0.118. The van der Waals surface area contributed by atoms with Crippen LogP contribution in [0.2, 0.25) is 5.02 Å². The van der Waals surface area contributed by atoms with Crippen LogP contribution in [0.4, 0.5) is 18.9 Å². The standard InChI is InChI=1S/C17H14ClF3N3/c1-9-15(11-7-6-10(19)8-12(11)18)17(22)24(2,23-9)16-13(20)4-3-5-14(16)21/h3-8H,22H2,1-2H3/q+1. The fourth-order valence-electron chi connectivity index (χ4n) is 2.91. The minimum absolute atomic E-state index is 0.102. The molecule has 2 aromatic carbocycles. The monoisotopic (exact) mass is 352 g/mol. The summed E-state index contributed by atoms with van der Waals surface area (Å²) in [7, 11) is 1.48. The van der Waals surface area contributed by atoms with Crippen LogP contribution in [0.25, 0.3) is 5.57 Å². The van der Waals surface area contributed by atoms with Crippen molar-refractivity contribution in [1.29, 1.82) is 0 Å². The van der Waals surface area contributed by atoms with Crippen molar-refractivity contribution in [3.8, 4) is 0 Å². The van der Waals surface area contributed by atoms with Gasteiger partial charge in [-0.15, -0.1) is 4.59 Å². The van der Waals surface area contributed by atoms with E-state index in [4.69, 9.17) is 17.3 Å².